The molecular weight excluding hydrogens is 255 g/mol. The van der Waals surface area contributed by atoms with Crippen LogP contribution in [-0.2, 0) is 0 Å². The van der Waals surface area contributed by atoms with E-state index in [0.29, 0.717) is 11.6 Å². The third-order valence-electron chi connectivity index (χ3n) is 3.17. The van der Waals surface area contributed by atoms with Crippen LogP contribution in [0.5, 0.6) is 0 Å². The fraction of sp³-hybridized carbons (Fsp3) is 0.0667. The van der Waals surface area contributed by atoms with E-state index in [-0.39, 0.29) is 5.82 Å². The van der Waals surface area contributed by atoms with Crippen molar-refractivity contribution in [3.63, 3.8) is 0 Å². The molecule has 3 rings (SSSR count). The number of benzene rings is 2. The van der Waals surface area contributed by atoms with Crippen LogP contribution in [0.2, 0.25) is 0 Å². The van der Waals surface area contributed by atoms with Gasteiger partial charge >= 0.3 is 0 Å². The Bertz CT molecular complexity index is 786. The topological polar surface area (TPSA) is 63.8 Å². The summed E-state index contributed by atoms with van der Waals surface area (Å²) in [6.07, 6.45) is 0. The highest BCUT2D eigenvalue weighted by Crippen LogP contribution is 2.26. The van der Waals surface area contributed by atoms with Crippen LogP contribution in [0, 0.1) is 12.7 Å². The zero-order chi connectivity index (χ0) is 14.1. The van der Waals surface area contributed by atoms with Crippen molar-refractivity contribution >= 4 is 16.7 Å². The van der Waals surface area contributed by atoms with Gasteiger partial charge < -0.3 is 5.43 Å². The summed E-state index contributed by atoms with van der Waals surface area (Å²) in [4.78, 5) is 8.93. The fourth-order valence-corrected chi connectivity index (χ4v) is 2.19. The largest absolute Gasteiger partial charge is 0.308 e. The molecule has 0 amide bonds. The van der Waals surface area contributed by atoms with Gasteiger partial charge in [-0.15, -0.1) is 0 Å². The number of hydrazine groups is 1. The molecule has 1 aromatic heterocycles. The number of nitrogens with zero attached hydrogens (tertiary/aromatic N) is 2. The van der Waals surface area contributed by atoms with Crippen molar-refractivity contribution in [2.75, 3.05) is 5.43 Å². The average molecular weight is 268 g/mol. The molecule has 100 valence electrons. The van der Waals surface area contributed by atoms with E-state index in [1.807, 2.05) is 31.2 Å². The molecule has 0 aliphatic rings. The van der Waals surface area contributed by atoms with Crippen LogP contribution in [-0.4, -0.2) is 9.97 Å². The summed E-state index contributed by atoms with van der Waals surface area (Å²) in [6, 6.07) is 12.1. The second-order valence-corrected chi connectivity index (χ2v) is 4.52. The normalized spacial score (nSPS) is 10.8. The smallest absolute Gasteiger partial charge is 0.162 e. The van der Waals surface area contributed by atoms with Crippen molar-refractivity contribution in [3.05, 3.63) is 53.8 Å². The van der Waals surface area contributed by atoms with Gasteiger partial charge in [-0.25, -0.2) is 20.2 Å². The minimum atomic E-state index is -0.274. The van der Waals surface area contributed by atoms with Gasteiger partial charge in [0.15, 0.2) is 11.6 Å². The standard InChI is InChI=1S/C15H13FN4/c1-9-8-10(16)6-7-11(9)14-18-13-5-3-2-4-12(13)15(19-14)20-17/h2-8H,17H2,1H3,(H,18,19,20). The van der Waals surface area contributed by atoms with E-state index in [1.54, 1.807) is 6.07 Å². The maximum atomic E-state index is 13.2. The average Bonchev–Trinajstić information content (AvgIpc) is 2.46. The van der Waals surface area contributed by atoms with Gasteiger partial charge in [0.25, 0.3) is 0 Å². The lowest BCUT2D eigenvalue weighted by atomic mass is 10.1. The van der Waals surface area contributed by atoms with Crippen molar-refractivity contribution in [2.45, 2.75) is 6.92 Å². The van der Waals surface area contributed by atoms with Gasteiger partial charge in [0, 0.05) is 10.9 Å². The molecule has 3 aromatic rings. The van der Waals surface area contributed by atoms with Gasteiger partial charge in [-0.3, -0.25) is 0 Å². The van der Waals surface area contributed by atoms with E-state index in [2.05, 4.69) is 15.4 Å². The first-order chi connectivity index (χ1) is 9.69. The lowest BCUT2D eigenvalue weighted by Gasteiger charge is -2.09. The number of aromatic nitrogens is 2. The Kier molecular flexibility index (Phi) is 3.04. The van der Waals surface area contributed by atoms with E-state index in [9.17, 15) is 4.39 Å². The van der Waals surface area contributed by atoms with Gasteiger partial charge in [-0.1, -0.05) is 12.1 Å². The monoisotopic (exact) mass is 268 g/mol. The maximum Gasteiger partial charge on any atom is 0.162 e. The Labute approximate surface area is 115 Å². The van der Waals surface area contributed by atoms with E-state index < -0.39 is 0 Å². The second-order valence-electron chi connectivity index (χ2n) is 4.52. The highest BCUT2D eigenvalue weighted by atomic mass is 19.1. The van der Waals surface area contributed by atoms with Crippen LogP contribution in [0.1, 0.15) is 5.56 Å². The molecule has 0 aliphatic heterocycles. The molecule has 0 atom stereocenters. The first-order valence-corrected chi connectivity index (χ1v) is 6.19. The number of para-hydroxylation sites is 1. The Hall–Kier alpha value is -2.53. The summed E-state index contributed by atoms with van der Waals surface area (Å²) in [5.74, 6) is 6.32. The number of hydrogen-bond donors (Lipinski definition) is 2. The van der Waals surface area contributed by atoms with Gasteiger partial charge in [0.2, 0.25) is 0 Å². The quantitative estimate of drug-likeness (QED) is 0.554. The maximum absolute atomic E-state index is 13.2. The van der Waals surface area contributed by atoms with Crippen LogP contribution in [0.3, 0.4) is 0 Å². The van der Waals surface area contributed by atoms with Crippen molar-refractivity contribution in [3.8, 4) is 11.4 Å². The van der Waals surface area contributed by atoms with Gasteiger partial charge in [0.05, 0.1) is 5.52 Å². The predicted molar refractivity (Wildman–Crippen MR) is 77.5 cm³/mol. The zero-order valence-electron chi connectivity index (χ0n) is 10.9. The summed E-state index contributed by atoms with van der Waals surface area (Å²) in [5, 5.41) is 0.846. The second kappa shape index (κ2) is 4.86. The Morgan fingerprint density at radius 3 is 2.65 bits per heavy atom. The molecule has 4 nitrogen and oxygen atoms in total. The third kappa shape index (κ3) is 2.08. The van der Waals surface area contributed by atoms with E-state index in [1.165, 1.54) is 12.1 Å². The minimum absolute atomic E-state index is 0.274. The number of hydrogen-bond acceptors (Lipinski definition) is 4. The molecule has 5 heteroatoms. The molecule has 0 aliphatic carbocycles. The predicted octanol–water partition coefficient (Wildman–Crippen LogP) is 3.03. The summed E-state index contributed by atoms with van der Waals surface area (Å²) in [6.45, 7) is 1.83. The van der Waals surface area contributed by atoms with Gasteiger partial charge in [-0.2, -0.15) is 0 Å². The number of nitrogens with two attached hydrogens (primary N) is 1. The molecule has 0 radical (unpaired) electrons. The van der Waals surface area contributed by atoms with Crippen molar-refractivity contribution < 1.29 is 4.39 Å². The third-order valence-corrected chi connectivity index (χ3v) is 3.17. The molecule has 20 heavy (non-hydrogen) atoms. The summed E-state index contributed by atoms with van der Waals surface area (Å²) in [5.41, 5.74) is 4.94. The Morgan fingerprint density at radius 2 is 1.90 bits per heavy atom. The number of halogens is 1. The summed E-state index contributed by atoms with van der Waals surface area (Å²) in [7, 11) is 0. The SMILES string of the molecule is Cc1cc(F)ccc1-c1nc(NN)c2ccccc2n1. The molecule has 0 unspecified atom stereocenters. The molecule has 0 saturated carbocycles. The van der Waals surface area contributed by atoms with Crippen LogP contribution in [0.25, 0.3) is 22.3 Å². The van der Waals surface area contributed by atoms with E-state index in [0.717, 1.165) is 22.0 Å². The van der Waals surface area contributed by atoms with E-state index >= 15 is 0 Å². The van der Waals surface area contributed by atoms with E-state index in [4.69, 9.17) is 5.84 Å². The molecule has 1 heterocycles. The van der Waals surface area contributed by atoms with Crippen molar-refractivity contribution in [2.24, 2.45) is 5.84 Å². The lowest BCUT2D eigenvalue weighted by molar-refractivity contribution is 0.627. The number of aryl methyl sites for hydroxylation is 1. The first kappa shape index (κ1) is 12.5. The molecular formula is C15H13FN4. The summed E-state index contributed by atoms with van der Waals surface area (Å²) < 4.78 is 13.2. The molecule has 2 aromatic carbocycles. The molecule has 3 N–H and O–H groups in total. The lowest BCUT2D eigenvalue weighted by Crippen LogP contribution is -2.10. The number of fused-ring (bicyclic) bond motifs is 1. The van der Waals surface area contributed by atoms with Crippen molar-refractivity contribution in [1.29, 1.82) is 0 Å². The number of anilines is 1. The molecule has 0 fully saturated rings. The Balaban J connectivity index is 2.26. The van der Waals surface area contributed by atoms with Crippen LogP contribution in [0.15, 0.2) is 42.5 Å². The fourth-order valence-electron chi connectivity index (χ4n) is 2.19. The van der Waals surface area contributed by atoms with Crippen molar-refractivity contribution in [1.82, 2.24) is 9.97 Å². The number of nitrogens with one attached hydrogen (secondary N) is 1. The molecule has 0 bridgehead atoms. The van der Waals surface area contributed by atoms with Crippen LogP contribution in [0.4, 0.5) is 10.2 Å². The molecule has 0 saturated heterocycles. The van der Waals surface area contributed by atoms with Crippen LogP contribution < -0.4 is 11.3 Å². The first-order valence-electron chi connectivity index (χ1n) is 6.19. The number of nitrogen functional groups attached to an aromatic ring is 1. The van der Waals surface area contributed by atoms with Gasteiger partial charge in [-0.05, 0) is 42.8 Å². The highest BCUT2D eigenvalue weighted by Gasteiger charge is 2.10. The highest BCUT2D eigenvalue weighted by molar-refractivity contribution is 5.90. The number of rotatable bonds is 2. The minimum Gasteiger partial charge on any atom is -0.308 e. The summed E-state index contributed by atoms with van der Waals surface area (Å²) >= 11 is 0. The van der Waals surface area contributed by atoms with Gasteiger partial charge in [0.1, 0.15) is 5.82 Å². The zero-order valence-corrected chi connectivity index (χ0v) is 10.9. The molecule has 0 spiro atoms. The Morgan fingerprint density at radius 1 is 1.10 bits per heavy atom. The van der Waals surface area contributed by atoms with Crippen LogP contribution >= 0.6 is 0 Å².